The van der Waals surface area contributed by atoms with Crippen molar-refractivity contribution in [3.63, 3.8) is 0 Å². The number of anilines is 1. The average Bonchev–Trinajstić information content (AvgIpc) is 3.42. The molecular formula is C30H24N4O4S. The summed E-state index contributed by atoms with van der Waals surface area (Å²) in [5.41, 5.74) is 3.72. The van der Waals surface area contributed by atoms with Crippen molar-refractivity contribution < 1.29 is 19.1 Å². The van der Waals surface area contributed by atoms with Gasteiger partial charge in [-0.05, 0) is 66.7 Å². The number of amides is 3. The van der Waals surface area contributed by atoms with Crippen LogP contribution < -0.4 is 10.1 Å². The predicted octanol–water partition coefficient (Wildman–Crippen LogP) is 5.63. The van der Waals surface area contributed by atoms with Gasteiger partial charge in [0.2, 0.25) is 5.91 Å². The lowest BCUT2D eigenvalue weighted by Crippen LogP contribution is -2.36. The Kier molecular flexibility index (Phi) is 7.48. The van der Waals surface area contributed by atoms with Crippen LogP contribution in [0.25, 0.3) is 17.0 Å². The number of imide groups is 1. The molecule has 3 aromatic carbocycles. The molecule has 0 bridgehead atoms. The molecule has 0 aliphatic carbocycles. The number of nitrogens with one attached hydrogen (secondary N) is 1. The van der Waals surface area contributed by atoms with Crippen molar-refractivity contribution in [2.24, 2.45) is 0 Å². The van der Waals surface area contributed by atoms with E-state index in [4.69, 9.17) is 4.74 Å². The number of fused-ring (bicyclic) bond motifs is 1. The van der Waals surface area contributed by atoms with Crippen molar-refractivity contribution in [3.05, 3.63) is 101 Å². The molecule has 1 fully saturated rings. The highest BCUT2D eigenvalue weighted by molar-refractivity contribution is 8.18. The number of rotatable bonds is 8. The van der Waals surface area contributed by atoms with Gasteiger partial charge in [-0.1, -0.05) is 36.4 Å². The fraction of sp³-hybridized carbons (Fsp3) is 0.133. The molecule has 0 radical (unpaired) electrons. The second kappa shape index (κ2) is 11.3. The molecule has 5 rings (SSSR count). The highest BCUT2D eigenvalue weighted by Gasteiger charge is 2.36. The number of carbonyl (C=O) groups is 3. The molecule has 0 spiro atoms. The van der Waals surface area contributed by atoms with Crippen molar-refractivity contribution >= 4 is 51.5 Å². The molecule has 1 aliphatic heterocycles. The fourth-order valence-corrected chi connectivity index (χ4v) is 5.22. The van der Waals surface area contributed by atoms with Crippen LogP contribution in [0.3, 0.4) is 0 Å². The smallest absolute Gasteiger partial charge is 0.294 e. The van der Waals surface area contributed by atoms with E-state index in [0.717, 1.165) is 38.7 Å². The molecule has 9 heteroatoms. The van der Waals surface area contributed by atoms with Gasteiger partial charge in [-0.25, -0.2) is 0 Å². The van der Waals surface area contributed by atoms with Crippen LogP contribution in [0, 0.1) is 11.3 Å². The maximum absolute atomic E-state index is 13.1. The Hall–Kier alpha value is -4.81. The molecule has 0 atom stereocenters. The highest BCUT2D eigenvalue weighted by Crippen LogP contribution is 2.34. The van der Waals surface area contributed by atoms with Gasteiger partial charge in [0, 0.05) is 34.9 Å². The summed E-state index contributed by atoms with van der Waals surface area (Å²) in [6.45, 7) is 2.51. The third-order valence-electron chi connectivity index (χ3n) is 6.21. The number of hydrogen-bond donors (Lipinski definition) is 1. The Morgan fingerprint density at radius 2 is 1.79 bits per heavy atom. The van der Waals surface area contributed by atoms with Crippen LogP contribution in [0.1, 0.15) is 23.6 Å². The summed E-state index contributed by atoms with van der Waals surface area (Å²) in [5, 5.41) is 12.6. The third-order valence-corrected chi connectivity index (χ3v) is 7.12. The maximum atomic E-state index is 13.1. The minimum atomic E-state index is -0.515. The number of aromatic nitrogens is 1. The van der Waals surface area contributed by atoms with E-state index in [0.29, 0.717) is 30.2 Å². The quantitative estimate of drug-likeness (QED) is 0.293. The normalized spacial score (nSPS) is 14.2. The molecule has 8 nitrogen and oxygen atoms in total. The van der Waals surface area contributed by atoms with Gasteiger partial charge in [0.25, 0.3) is 11.1 Å². The van der Waals surface area contributed by atoms with Gasteiger partial charge in [0.15, 0.2) is 0 Å². The lowest BCUT2D eigenvalue weighted by Gasteiger charge is -2.12. The van der Waals surface area contributed by atoms with E-state index < -0.39 is 17.1 Å². The lowest BCUT2D eigenvalue weighted by molar-refractivity contribution is -0.127. The summed E-state index contributed by atoms with van der Waals surface area (Å²) in [6, 6.07) is 24.3. The van der Waals surface area contributed by atoms with E-state index in [1.54, 1.807) is 36.4 Å². The van der Waals surface area contributed by atoms with E-state index in [1.165, 1.54) is 0 Å². The van der Waals surface area contributed by atoms with E-state index in [1.807, 2.05) is 60.2 Å². The summed E-state index contributed by atoms with van der Waals surface area (Å²) in [4.78, 5) is 39.6. The van der Waals surface area contributed by atoms with Crippen molar-refractivity contribution in [2.45, 2.75) is 13.5 Å². The van der Waals surface area contributed by atoms with Gasteiger partial charge < -0.3 is 14.6 Å². The van der Waals surface area contributed by atoms with Crippen LogP contribution in [0.4, 0.5) is 10.5 Å². The number of thioether (sulfide) groups is 1. The Morgan fingerprint density at radius 3 is 2.56 bits per heavy atom. The first kappa shape index (κ1) is 25.8. The number of benzene rings is 3. The molecule has 2 heterocycles. The molecule has 194 valence electrons. The van der Waals surface area contributed by atoms with Gasteiger partial charge in [-0.2, -0.15) is 5.26 Å². The molecule has 0 unspecified atom stereocenters. The fourth-order valence-electron chi connectivity index (χ4n) is 4.39. The first-order valence-electron chi connectivity index (χ1n) is 12.3. The molecule has 4 aromatic rings. The van der Waals surface area contributed by atoms with Gasteiger partial charge in [0.05, 0.1) is 23.1 Å². The summed E-state index contributed by atoms with van der Waals surface area (Å²) < 4.78 is 7.42. The average molecular weight is 537 g/mol. The third kappa shape index (κ3) is 5.56. The van der Waals surface area contributed by atoms with Crippen LogP contribution in [-0.4, -0.2) is 39.7 Å². The van der Waals surface area contributed by atoms with Crippen molar-refractivity contribution in [3.8, 4) is 11.8 Å². The van der Waals surface area contributed by atoms with E-state index in [-0.39, 0.29) is 11.4 Å². The van der Waals surface area contributed by atoms with Crippen molar-refractivity contribution in [2.75, 3.05) is 18.5 Å². The molecular weight excluding hydrogens is 512 g/mol. The van der Waals surface area contributed by atoms with Crippen LogP contribution in [-0.2, 0) is 16.1 Å². The number of nitriles is 1. The molecule has 0 saturated carbocycles. The van der Waals surface area contributed by atoms with Gasteiger partial charge >= 0.3 is 0 Å². The second-order valence-corrected chi connectivity index (χ2v) is 9.77. The molecule has 1 saturated heterocycles. The zero-order valence-electron chi connectivity index (χ0n) is 21.1. The monoisotopic (exact) mass is 536 g/mol. The number of nitrogens with zero attached hydrogens (tertiary/aromatic N) is 3. The first-order valence-corrected chi connectivity index (χ1v) is 13.1. The van der Waals surface area contributed by atoms with Gasteiger partial charge in [-0.15, -0.1) is 0 Å². The maximum Gasteiger partial charge on any atom is 0.294 e. The SMILES string of the molecule is CCOc1ccc(NC(=O)CN2C(=O)S/C(=C/c3cn(Cc4ccccc4C#N)c4ccccc34)C2=O)cc1. The lowest BCUT2D eigenvalue weighted by atomic mass is 10.1. The zero-order chi connectivity index (χ0) is 27.4. The molecule has 39 heavy (non-hydrogen) atoms. The second-order valence-electron chi connectivity index (χ2n) is 8.77. The Labute approximate surface area is 229 Å². The van der Waals surface area contributed by atoms with Crippen LogP contribution in [0.15, 0.2) is 83.9 Å². The van der Waals surface area contributed by atoms with Crippen LogP contribution >= 0.6 is 11.8 Å². The molecule has 1 N–H and O–H groups in total. The van der Waals surface area contributed by atoms with Crippen LogP contribution in [0.5, 0.6) is 5.75 Å². The minimum absolute atomic E-state index is 0.245. The van der Waals surface area contributed by atoms with Gasteiger partial charge in [0.1, 0.15) is 12.3 Å². The molecule has 1 aromatic heterocycles. The predicted molar refractivity (Wildman–Crippen MR) is 151 cm³/mol. The highest BCUT2D eigenvalue weighted by atomic mass is 32.2. The number of hydrogen-bond acceptors (Lipinski definition) is 6. The van der Waals surface area contributed by atoms with E-state index >= 15 is 0 Å². The van der Waals surface area contributed by atoms with Crippen molar-refractivity contribution in [1.29, 1.82) is 5.26 Å². The first-order chi connectivity index (χ1) is 19.0. The standard InChI is InChI=1S/C30H24N4O4S/c1-2-38-24-13-11-23(12-14-24)32-28(35)19-34-29(36)27(39-30(34)37)15-22-18-33(26-10-6-5-9-25(22)26)17-21-8-4-3-7-20(21)16-31/h3-15,18H,2,17,19H2,1H3,(H,32,35)/b27-15+. The number of ether oxygens (including phenoxy) is 1. The zero-order valence-corrected chi connectivity index (χ0v) is 21.9. The van der Waals surface area contributed by atoms with E-state index in [9.17, 15) is 19.6 Å². The van der Waals surface area contributed by atoms with E-state index in [2.05, 4.69) is 11.4 Å². The van der Waals surface area contributed by atoms with Gasteiger partial charge in [-0.3, -0.25) is 19.3 Å². The molecule has 1 aliphatic rings. The summed E-state index contributed by atoms with van der Waals surface area (Å²) in [7, 11) is 0. The largest absolute Gasteiger partial charge is 0.494 e. The summed E-state index contributed by atoms with van der Waals surface area (Å²) in [5.74, 6) is -0.309. The number of carbonyl (C=O) groups excluding carboxylic acids is 3. The van der Waals surface area contributed by atoms with Crippen LogP contribution in [0.2, 0.25) is 0 Å². The summed E-state index contributed by atoms with van der Waals surface area (Å²) in [6.07, 6.45) is 3.59. The Morgan fingerprint density at radius 1 is 1.05 bits per heavy atom. The molecule has 3 amide bonds. The topological polar surface area (TPSA) is 104 Å². The minimum Gasteiger partial charge on any atom is -0.494 e. The Balaban J connectivity index is 1.34. The summed E-state index contributed by atoms with van der Waals surface area (Å²) >= 11 is 0.810. The Bertz CT molecular complexity index is 1650. The van der Waals surface area contributed by atoms with Crippen molar-refractivity contribution in [1.82, 2.24) is 9.47 Å². The number of para-hydroxylation sites is 1.